The fraction of sp³-hybridized carbons (Fsp3) is 0.217. The predicted molar refractivity (Wildman–Crippen MR) is 115 cm³/mol. The molecule has 6 nitrogen and oxygen atoms in total. The molecule has 0 spiro atoms. The van der Waals surface area contributed by atoms with Crippen LogP contribution in [-0.4, -0.2) is 25.1 Å². The summed E-state index contributed by atoms with van der Waals surface area (Å²) >= 11 is 0. The predicted octanol–water partition coefficient (Wildman–Crippen LogP) is 4.64. The van der Waals surface area contributed by atoms with E-state index in [0.29, 0.717) is 17.2 Å². The molecule has 6 heteroatoms. The van der Waals surface area contributed by atoms with E-state index in [0.717, 1.165) is 28.2 Å². The molecule has 0 fully saturated rings. The summed E-state index contributed by atoms with van der Waals surface area (Å²) < 4.78 is 10.5. The fourth-order valence-corrected chi connectivity index (χ4v) is 3.06. The van der Waals surface area contributed by atoms with Gasteiger partial charge in [-0.1, -0.05) is 24.3 Å². The number of carbonyl (C=O) groups excluding carboxylic acids is 1. The van der Waals surface area contributed by atoms with E-state index in [4.69, 9.17) is 9.47 Å². The lowest BCUT2D eigenvalue weighted by atomic mass is 10.1. The van der Waals surface area contributed by atoms with Crippen LogP contribution in [0.2, 0.25) is 0 Å². The van der Waals surface area contributed by atoms with Gasteiger partial charge in [0, 0.05) is 5.69 Å². The molecule has 0 radical (unpaired) electrons. The van der Waals surface area contributed by atoms with Gasteiger partial charge in [-0.15, -0.1) is 0 Å². The van der Waals surface area contributed by atoms with E-state index in [1.165, 1.54) is 0 Å². The van der Waals surface area contributed by atoms with E-state index in [2.05, 4.69) is 41.6 Å². The molecule has 1 heterocycles. The number of nitrogens with zero attached hydrogens (tertiary/aromatic N) is 1. The zero-order valence-corrected chi connectivity index (χ0v) is 17.1. The Hall–Kier alpha value is -3.54. The van der Waals surface area contributed by atoms with Crippen LogP contribution in [0.15, 0.2) is 54.7 Å². The van der Waals surface area contributed by atoms with Crippen LogP contribution in [0.25, 0.3) is 0 Å². The second kappa shape index (κ2) is 9.10. The molecule has 0 saturated heterocycles. The molecule has 0 bridgehead atoms. The molecule has 150 valence electrons. The number of hydrogen-bond acceptors (Lipinski definition) is 5. The van der Waals surface area contributed by atoms with Crippen LogP contribution in [0, 0.1) is 13.8 Å². The molecule has 1 amide bonds. The summed E-state index contributed by atoms with van der Waals surface area (Å²) in [5.74, 6) is 1.82. The molecule has 0 aliphatic heterocycles. The molecular formula is C23H25N3O3. The lowest BCUT2D eigenvalue weighted by molar-refractivity contribution is -0.115. The maximum Gasteiger partial charge on any atom is 0.228 e. The van der Waals surface area contributed by atoms with Crippen molar-refractivity contribution in [1.82, 2.24) is 4.98 Å². The van der Waals surface area contributed by atoms with E-state index in [1.54, 1.807) is 32.5 Å². The van der Waals surface area contributed by atoms with Gasteiger partial charge in [0.2, 0.25) is 5.91 Å². The first-order valence-corrected chi connectivity index (χ1v) is 9.30. The molecule has 0 aliphatic carbocycles. The lowest BCUT2D eigenvalue weighted by Gasteiger charge is -2.12. The maximum absolute atomic E-state index is 12.4. The first kappa shape index (κ1) is 20.2. The minimum atomic E-state index is -0.130. The van der Waals surface area contributed by atoms with Gasteiger partial charge in [-0.2, -0.15) is 0 Å². The highest BCUT2D eigenvalue weighted by Crippen LogP contribution is 2.28. The molecule has 2 aromatic carbocycles. The quantitative estimate of drug-likeness (QED) is 0.614. The van der Waals surface area contributed by atoms with Crippen molar-refractivity contribution in [3.8, 4) is 11.5 Å². The summed E-state index contributed by atoms with van der Waals surface area (Å²) in [4.78, 5) is 16.8. The molecule has 1 aromatic heterocycles. The number of pyridine rings is 1. The molecule has 29 heavy (non-hydrogen) atoms. The minimum absolute atomic E-state index is 0.130. The minimum Gasteiger partial charge on any atom is -0.493 e. The van der Waals surface area contributed by atoms with Crippen molar-refractivity contribution in [2.45, 2.75) is 20.3 Å². The van der Waals surface area contributed by atoms with Crippen LogP contribution < -0.4 is 20.1 Å². The summed E-state index contributed by atoms with van der Waals surface area (Å²) in [6.45, 7) is 4.11. The van der Waals surface area contributed by atoms with Crippen molar-refractivity contribution >= 4 is 23.1 Å². The highest BCUT2D eigenvalue weighted by Gasteiger charge is 2.09. The summed E-state index contributed by atoms with van der Waals surface area (Å²) in [6.07, 6.45) is 1.87. The maximum atomic E-state index is 12.4. The van der Waals surface area contributed by atoms with Crippen LogP contribution >= 0.6 is 0 Å². The third kappa shape index (κ3) is 5.04. The Morgan fingerprint density at radius 2 is 1.69 bits per heavy atom. The van der Waals surface area contributed by atoms with Gasteiger partial charge in [0.05, 0.1) is 32.5 Å². The van der Waals surface area contributed by atoms with E-state index < -0.39 is 0 Å². The van der Waals surface area contributed by atoms with Crippen LogP contribution in [0.1, 0.15) is 16.7 Å². The third-order valence-electron chi connectivity index (χ3n) is 4.59. The van der Waals surface area contributed by atoms with Gasteiger partial charge in [-0.05, 0) is 54.8 Å². The van der Waals surface area contributed by atoms with Crippen molar-refractivity contribution in [2.75, 3.05) is 24.9 Å². The number of rotatable bonds is 7. The summed E-state index contributed by atoms with van der Waals surface area (Å²) in [5.41, 5.74) is 4.83. The average molecular weight is 391 g/mol. The van der Waals surface area contributed by atoms with Gasteiger partial charge in [0.15, 0.2) is 11.5 Å². The number of ether oxygens (including phenoxy) is 2. The topological polar surface area (TPSA) is 72.5 Å². The SMILES string of the molecule is COc1ccc(CC(=O)Nc2ccc(Nc3c(C)cccc3C)nc2)cc1OC. The van der Waals surface area contributed by atoms with Gasteiger partial charge in [-0.25, -0.2) is 4.98 Å². The first-order chi connectivity index (χ1) is 14.0. The lowest BCUT2D eigenvalue weighted by Crippen LogP contribution is -2.14. The zero-order valence-electron chi connectivity index (χ0n) is 17.1. The van der Waals surface area contributed by atoms with E-state index in [1.807, 2.05) is 24.3 Å². The van der Waals surface area contributed by atoms with Gasteiger partial charge < -0.3 is 20.1 Å². The van der Waals surface area contributed by atoms with Crippen molar-refractivity contribution in [2.24, 2.45) is 0 Å². The number of aromatic nitrogens is 1. The number of nitrogens with one attached hydrogen (secondary N) is 2. The number of anilines is 3. The number of benzene rings is 2. The smallest absolute Gasteiger partial charge is 0.228 e. The van der Waals surface area contributed by atoms with Crippen LogP contribution in [-0.2, 0) is 11.2 Å². The highest BCUT2D eigenvalue weighted by molar-refractivity contribution is 5.92. The normalized spacial score (nSPS) is 10.3. The monoisotopic (exact) mass is 391 g/mol. The van der Waals surface area contributed by atoms with E-state index >= 15 is 0 Å². The van der Waals surface area contributed by atoms with E-state index in [-0.39, 0.29) is 12.3 Å². The van der Waals surface area contributed by atoms with Gasteiger partial charge >= 0.3 is 0 Å². The third-order valence-corrected chi connectivity index (χ3v) is 4.59. The van der Waals surface area contributed by atoms with Gasteiger partial charge in [-0.3, -0.25) is 4.79 Å². The number of carbonyl (C=O) groups is 1. The zero-order chi connectivity index (χ0) is 20.8. The summed E-state index contributed by atoms with van der Waals surface area (Å²) in [7, 11) is 3.15. The Labute approximate surface area is 170 Å². The molecule has 0 aliphatic rings. The van der Waals surface area contributed by atoms with Crippen LogP contribution in [0.3, 0.4) is 0 Å². The van der Waals surface area contributed by atoms with Crippen molar-refractivity contribution < 1.29 is 14.3 Å². The van der Waals surface area contributed by atoms with Crippen molar-refractivity contribution in [3.05, 3.63) is 71.4 Å². The van der Waals surface area contributed by atoms with Crippen LogP contribution in [0.5, 0.6) is 11.5 Å². The number of para-hydroxylation sites is 1. The number of hydrogen-bond donors (Lipinski definition) is 2. The molecule has 3 rings (SSSR count). The number of aryl methyl sites for hydroxylation is 2. The fourth-order valence-electron chi connectivity index (χ4n) is 3.06. The molecule has 0 unspecified atom stereocenters. The summed E-state index contributed by atoms with van der Waals surface area (Å²) in [6, 6.07) is 15.2. The van der Waals surface area contributed by atoms with Gasteiger partial charge in [0.25, 0.3) is 0 Å². The molecule has 2 N–H and O–H groups in total. The largest absolute Gasteiger partial charge is 0.493 e. The molecule has 3 aromatic rings. The molecular weight excluding hydrogens is 366 g/mol. The Bertz CT molecular complexity index is 980. The Morgan fingerprint density at radius 1 is 0.966 bits per heavy atom. The summed E-state index contributed by atoms with van der Waals surface area (Å²) in [5, 5.41) is 6.20. The second-order valence-electron chi connectivity index (χ2n) is 6.74. The van der Waals surface area contributed by atoms with E-state index in [9.17, 15) is 4.79 Å². The Morgan fingerprint density at radius 3 is 2.31 bits per heavy atom. The Kier molecular flexibility index (Phi) is 6.34. The van der Waals surface area contributed by atoms with Crippen molar-refractivity contribution in [1.29, 1.82) is 0 Å². The average Bonchev–Trinajstić information content (AvgIpc) is 2.72. The number of methoxy groups -OCH3 is 2. The van der Waals surface area contributed by atoms with Crippen molar-refractivity contribution in [3.63, 3.8) is 0 Å². The standard InChI is InChI=1S/C23H25N3O3/c1-15-6-5-7-16(2)23(15)26-21-11-9-18(14-24-21)25-22(27)13-17-8-10-19(28-3)20(12-17)29-4/h5-12,14H,13H2,1-4H3,(H,24,26)(H,25,27). The van der Waals surface area contributed by atoms with Gasteiger partial charge in [0.1, 0.15) is 5.82 Å². The highest BCUT2D eigenvalue weighted by atomic mass is 16.5. The van der Waals surface area contributed by atoms with Crippen LogP contribution in [0.4, 0.5) is 17.2 Å². The number of amides is 1. The Balaban J connectivity index is 1.63. The second-order valence-corrected chi connectivity index (χ2v) is 6.74. The molecule has 0 atom stereocenters. The first-order valence-electron chi connectivity index (χ1n) is 9.30. The molecule has 0 saturated carbocycles.